The van der Waals surface area contributed by atoms with Gasteiger partial charge in [-0.15, -0.1) is 0 Å². The quantitative estimate of drug-likeness (QED) is 0.527. The van der Waals surface area contributed by atoms with E-state index in [-0.39, 0.29) is 24.3 Å². The third-order valence-corrected chi connectivity index (χ3v) is 3.58. The molecule has 0 aliphatic carbocycles. The highest BCUT2D eigenvalue weighted by atomic mass is 16.5. The van der Waals surface area contributed by atoms with Crippen LogP contribution >= 0.6 is 0 Å². The average molecular weight is 306 g/mol. The van der Waals surface area contributed by atoms with Crippen molar-refractivity contribution in [2.45, 2.75) is 38.8 Å². The molecule has 1 aliphatic heterocycles. The van der Waals surface area contributed by atoms with Crippen LogP contribution in [0.15, 0.2) is 18.2 Å². The van der Waals surface area contributed by atoms with E-state index in [4.69, 9.17) is 9.84 Å². The molecule has 1 aliphatic rings. The van der Waals surface area contributed by atoms with Crippen molar-refractivity contribution in [3.63, 3.8) is 0 Å². The summed E-state index contributed by atoms with van der Waals surface area (Å²) < 4.78 is 5.68. The summed E-state index contributed by atoms with van der Waals surface area (Å²) in [4.78, 5) is 22.8. The van der Waals surface area contributed by atoms with Gasteiger partial charge >= 0.3 is 5.97 Å². The van der Waals surface area contributed by atoms with E-state index in [0.717, 1.165) is 11.4 Å². The molecule has 1 aromatic rings. The van der Waals surface area contributed by atoms with Crippen LogP contribution in [-0.2, 0) is 4.79 Å². The number of carboxylic acids is 1. The van der Waals surface area contributed by atoms with Gasteiger partial charge < -0.3 is 20.5 Å². The summed E-state index contributed by atoms with van der Waals surface area (Å²) in [5, 5.41) is 14.9. The van der Waals surface area contributed by atoms with Gasteiger partial charge in [0.1, 0.15) is 11.9 Å². The fourth-order valence-electron chi connectivity index (χ4n) is 2.34. The van der Waals surface area contributed by atoms with Crippen LogP contribution in [0, 0.1) is 0 Å². The Bertz CT molecular complexity index is 559. The number of carbonyl (C=O) groups is 2. The summed E-state index contributed by atoms with van der Waals surface area (Å²) in [6.07, 6.45) is 0.722. The van der Waals surface area contributed by atoms with Crippen LogP contribution < -0.4 is 15.4 Å². The zero-order valence-corrected chi connectivity index (χ0v) is 12.9. The van der Waals surface area contributed by atoms with Gasteiger partial charge in [0.25, 0.3) is 0 Å². The van der Waals surface area contributed by atoms with Crippen molar-refractivity contribution < 1.29 is 19.4 Å². The highest BCUT2D eigenvalue weighted by Gasteiger charge is 2.19. The maximum Gasteiger partial charge on any atom is 0.303 e. The van der Waals surface area contributed by atoms with E-state index >= 15 is 0 Å². The molecule has 0 saturated heterocycles. The highest BCUT2D eigenvalue weighted by Crippen LogP contribution is 2.30. The van der Waals surface area contributed by atoms with Gasteiger partial charge in [0.15, 0.2) is 5.78 Å². The van der Waals surface area contributed by atoms with E-state index in [2.05, 4.69) is 10.6 Å². The number of fused-ring (bicyclic) bond motifs is 1. The van der Waals surface area contributed by atoms with Crippen LogP contribution in [0.5, 0.6) is 5.75 Å². The minimum absolute atomic E-state index is 0.0152. The normalized spacial score (nSPS) is 17.8. The number of rotatable bonds is 7. The van der Waals surface area contributed by atoms with E-state index in [9.17, 15) is 9.59 Å². The number of aliphatic carboxylic acids is 1. The first kappa shape index (κ1) is 16.3. The molecule has 0 fully saturated rings. The molecule has 1 heterocycles. The molecular weight excluding hydrogens is 284 g/mol. The average Bonchev–Trinajstić information content (AvgIpc) is 2.49. The van der Waals surface area contributed by atoms with Gasteiger partial charge in [0.05, 0.1) is 18.3 Å². The highest BCUT2D eigenvalue weighted by molar-refractivity contribution is 6.01. The van der Waals surface area contributed by atoms with Crippen LogP contribution in [0.3, 0.4) is 0 Å². The summed E-state index contributed by atoms with van der Waals surface area (Å²) in [6.45, 7) is 4.99. The second-order valence-electron chi connectivity index (χ2n) is 5.56. The molecule has 0 saturated carbocycles. The van der Waals surface area contributed by atoms with Crippen LogP contribution in [-0.4, -0.2) is 42.1 Å². The fraction of sp³-hybridized carbons (Fsp3) is 0.500. The molecule has 0 spiro atoms. The number of nitrogens with one attached hydrogen (secondary N) is 2. The molecule has 2 atom stereocenters. The Hall–Kier alpha value is -2.08. The third-order valence-electron chi connectivity index (χ3n) is 3.58. The standard InChI is InChI=1S/C16H22N2O4/c1-10-9-18-13-8-12(5-6-14(13)22-10)16(21)11(2)17-7-3-4-15(19)20/h5-6,8,10-11,17-18H,3-4,7,9H2,1-2H3,(H,19,20). The third kappa shape index (κ3) is 4.21. The molecule has 6 nitrogen and oxygen atoms in total. The smallest absolute Gasteiger partial charge is 0.303 e. The molecule has 3 N–H and O–H groups in total. The van der Waals surface area contributed by atoms with E-state index < -0.39 is 5.97 Å². The lowest BCUT2D eigenvalue weighted by Gasteiger charge is -2.25. The van der Waals surface area contributed by atoms with Crippen molar-refractivity contribution in [3.05, 3.63) is 23.8 Å². The molecule has 2 rings (SSSR count). The van der Waals surface area contributed by atoms with Crippen molar-refractivity contribution in [1.82, 2.24) is 5.32 Å². The predicted molar refractivity (Wildman–Crippen MR) is 83.7 cm³/mol. The number of hydrogen-bond acceptors (Lipinski definition) is 5. The SMILES string of the molecule is CC1CNc2cc(C(=O)C(C)NCCCC(=O)O)ccc2O1. The molecule has 22 heavy (non-hydrogen) atoms. The van der Waals surface area contributed by atoms with Crippen LogP contribution in [0.1, 0.15) is 37.0 Å². The van der Waals surface area contributed by atoms with E-state index in [1.807, 2.05) is 13.0 Å². The van der Waals surface area contributed by atoms with Crippen molar-refractivity contribution in [1.29, 1.82) is 0 Å². The predicted octanol–water partition coefficient (Wildman–Crippen LogP) is 1.91. The monoisotopic (exact) mass is 306 g/mol. The first-order valence-corrected chi connectivity index (χ1v) is 7.51. The summed E-state index contributed by atoms with van der Waals surface area (Å²) >= 11 is 0. The number of carboxylic acid groups (broad SMARTS) is 1. The van der Waals surface area contributed by atoms with Crippen molar-refractivity contribution >= 4 is 17.4 Å². The zero-order valence-electron chi connectivity index (χ0n) is 12.9. The minimum Gasteiger partial charge on any atom is -0.487 e. The van der Waals surface area contributed by atoms with Gasteiger partial charge in [0, 0.05) is 12.0 Å². The molecule has 120 valence electrons. The van der Waals surface area contributed by atoms with Crippen molar-refractivity contribution in [2.24, 2.45) is 0 Å². The maximum atomic E-state index is 12.4. The van der Waals surface area contributed by atoms with Gasteiger partial charge in [-0.3, -0.25) is 9.59 Å². The molecule has 2 unspecified atom stereocenters. The van der Waals surface area contributed by atoms with E-state index in [1.54, 1.807) is 19.1 Å². The molecule has 0 radical (unpaired) electrons. The Morgan fingerprint density at radius 3 is 3.00 bits per heavy atom. The first-order valence-electron chi connectivity index (χ1n) is 7.51. The lowest BCUT2D eigenvalue weighted by atomic mass is 10.0. The molecule has 0 amide bonds. The van der Waals surface area contributed by atoms with Crippen LogP contribution in [0.2, 0.25) is 0 Å². The fourth-order valence-corrected chi connectivity index (χ4v) is 2.34. The number of ether oxygens (including phenoxy) is 1. The maximum absolute atomic E-state index is 12.4. The van der Waals surface area contributed by atoms with Crippen LogP contribution in [0.25, 0.3) is 0 Å². The van der Waals surface area contributed by atoms with Crippen molar-refractivity contribution in [2.75, 3.05) is 18.4 Å². The summed E-state index contributed by atoms with van der Waals surface area (Å²) in [5.41, 5.74) is 1.45. The second-order valence-corrected chi connectivity index (χ2v) is 5.56. The van der Waals surface area contributed by atoms with Crippen molar-refractivity contribution in [3.8, 4) is 5.75 Å². The summed E-state index contributed by atoms with van der Waals surface area (Å²) in [7, 11) is 0. The van der Waals surface area contributed by atoms with Gasteiger partial charge in [0.2, 0.25) is 0 Å². The Morgan fingerprint density at radius 2 is 2.27 bits per heavy atom. The molecule has 6 heteroatoms. The Kier molecular flexibility index (Phi) is 5.38. The Balaban J connectivity index is 1.93. The molecule has 0 aromatic heterocycles. The first-order chi connectivity index (χ1) is 10.5. The Labute approximate surface area is 129 Å². The summed E-state index contributed by atoms with van der Waals surface area (Å²) in [5.74, 6) is -0.0771. The zero-order chi connectivity index (χ0) is 16.1. The van der Waals surface area contributed by atoms with E-state index in [0.29, 0.717) is 25.1 Å². The molecule has 0 bridgehead atoms. The topological polar surface area (TPSA) is 87.7 Å². The lowest BCUT2D eigenvalue weighted by Crippen LogP contribution is -2.35. The van der Waals surface area contributed by atoms with Gasteiger partial charge in [-0.05, 0) is 45.0 Å². The number of hydrogen-bond donors (Lipinski definition) is 3. The molecule has 1 aromatic carbocycles. The Morgan fingerprint density at radius 1 is 1.50 bits per heavy atom. The second kappa shape index (κ2) is 7.26. The number of ketones is 1. The number of benzene rings is 1. The van der Waals surface area contributed by atoms with Gasteiger partial charge in [-0.2, -0.15) is 0 Å². The summed E-state index contributed by atoms with van der Waals surface area (Å²) in [6, 6.07) is 5.02. The largest absolute Gasteiger partial charge is 0.487 e. The number of anilines is 1. The van der Waals surface area contributed by atoms with Gasteiger partial charge in [-0.1, -0.05) is 0 Å². The lowest BCUT2D eigenvalue weighted by molar-refractivity contribution is -0.137. The minimum atomic E-state index is -0.823. The number of Topliss-reactive ketones (excluding diaryl/α,β-unsaturated/α-hetero) is 1. The van der Waals surface area contributed by atoms with Gasteiger partial charge in [-0.25, -0.2) is 0 Å². The molecular formula is C16H22N2O4. The number of carbonyl (C=O) groups excluding carboxylic acids is 1. The van der Waals surface area contributed by atoms with E-state index in [1.165, 1.54) is 0 Å². The van der Waals surface area contributed by atoms with Crippen LogP contribution in [0.4, 0.5) is 5.69 Å².